The number of phenols is 2. The number of esters is 1. The highest BCUT2D eigenvalue weighted by Crippen LogP contribution is 2.41. The van der Waals surface area contributed by atoms with Gasteiger partial charge in [-0.3, -0.25) is 9.59 Å². The van der Waals surface area contributed by atoms with E-state index in [1.807, 2.05) is 24.3 Å². The summed E-state index contributed by atoms with van der Waals surface area (Å²) in [6, 6.07) is 7.97. The zero-order valence-electron chi connectivity index (χ0n) is 32.7. The number of aliphatic carboxylic acids is 1. The number of unbranched alkanes of at least 4 members (excludes halogenated alkanes) is 5. The van der Waals surface area contributed by atoms with Gasteiger partial charge in [0.25, 0.3) is 0 Å². The zero-order chi connectivity index (χ0) is 37.1. The molecule has 0 unspecified atom stereocenters. The van der Waals surface area contributed by atoms with Crippen LogP contribution in [0.5, 0.6) is 11.5 Å². The third-order valence-electron chi connectivity index (χ3n) is 8.58. The first-order chi connectivity index (χ1) is 21.9. The number of ether oxygens (including phenoxy) is 1. The molecule has 3 N–H and O–H groups in total. The Kier molecular flexibility index (Phi) is 16.2. The number of aromatic hydroxyl groups is 2. The van der Waals surface area contributed by atoms with Crippen molar-refractivity contribution >= 4 is 11.9 Å². The summed E-state index contributed by atoms with van der Waals surface area (Å²) in [6.07, 6.45) is 8.75. The summed E-state index contributed by atoms with van der Waals surface area (Å²) in [5.74, 6) is -0.206. The Hall–Kier alpha value is -3.02. The maximum absolute atomic E-state index is 12.1. The molecular weight excluding hydrogens is 600 g/mol. The van der Waals surface area contributed by atoms with Crippen molar-refractivity contribution in [2.24, 2.45) is 0 Å². The molecule has 2 aromatic carbocycles. The number of carboxylic acid groups (broad SMARTS) is 1. The standard InChI is InChI=1S/C25H42O3.C17H26O3/c1-8-9-10-11-12-13-16-28-22(26)15-14-19-17-20(24(2,3)4)23(27)21(18-19)25(5,6)7;1-16(2,3)12-9-11(7-8-14(18)19)10-13(15(12)20)17(4,5)6/h17-18,27H,8-16H2,1-7H3;9-10,20H,7-8H2,1-6H3,(H,18,19). The summed E-state index contributed by atoms with van der Waals surface area (Å²) >= 11 is 0. The lowest BCUT2D eigenvalue weighted by Crippen LogP contribution is -2.18. The Morgan fingerprint density at radius 2 is 0.896 bits per heavy atom. The minimum Gasteiger partial charge on any atom is -0.507 e. The molecule has 0 aliphatic rings. The molecule has 6 heteroatoms. The van der Waals surface area contributed by atoms with E-state index in [2.05, 4.69) is 90.0 Å². The molecular formula is C42H68O6. The first-order valence-corrected chi connectivity index (χ1v) is 18.0. The second-order valence-electron chi connectivity index (χ2n) is 17.5. The summed E-state index contributed by atoms with van der Waals surface area (Å²) in [5, 5.41) is 30.2. The van der Waals surface area contributed by atoms with Crippen LogP contribution in [-0.2, 0) is 48.8 Å². The van der Waals surface area contributed by atoms with E-state index in [9.17, 15) is 19.8 Å². The third kappa shape index (κ3) is 14.6. The summed E-state index contributed by atoms with van der Waals surface area (Å²) in [7, 11) is 0. The Morgan fingerprint density at radius 1 is 0.562 bits per heavy atom. The number of carboxylic acids is 1. The molecule has 272 valence electrons. The molecule has 0 amide bonds. The average molecular weight is 669 g/mol. The van der Waals surface area contributed by atoms with Gasteiger partial charge in [-0.25, -0.2) is 0 Å². The van der Waals surface area contributed by atoms with Crippen LogP contribution in [-0.4, -0.2) is 33.9 Å². The van der Waals surface area contributed by atoms with Crippen LogP contribution in [0.15, 0.2) is 24.3 Å². The van der Waals surface area contributed by atoms with Gasteiger partial charge in [-0.1, -0.05) is 146 Å². The topological polar surface area (TPSA) is 104 Å². The van der Waals surface area contributed by atoms with Crippen LogP contribution in [0.4, 0.5) is 0 Å². The summed E-state index contributed by atoms with van der Waals surface area (Å²) < 4.78 is 5.40. The van der Waals surface area contributed by atoms with Crippen molar-refractivity contribution in [1.82, 2.24) is 0 Å². The SMILES string of the molecule is CC(C)(C)c1cc(CCC(=O)O)cc(C(C)(C)C)c1O.CCCCCCCCOC(=O)CCc1cc(C(C)(C)C)c(O)c(C(C)(C)C)c1. The fourth-order valence-electron chi connectivity index (χ4n) is 5.60. The van der Waals surface area contributed by atoms with Gasteiger partial charge in [0.15, 0.2) is 0 Å². The molecule has 6 nitrogen and oxygen atoms in total. The lowest BCUT2D eigenvalue weighted by molar-refractivity contribution is -0.143. The number of hydrogen-bond donors (Lipinski definition) is 3. The molecule has 0 bridgehead atoms. The van der Waals surface area contributed by atoms with Crippen molar-refractivity contribution in [3.05, 3.63) is 57.6 Å². The lowest BCUT2D eigenvalue weighted by atomic mass is 9.78. The molecule has 2 aromatic rings. The van der Waals surface area contributed by atoms with Gasteiger partial charge < -0.3 is 20.1 Å². The van der Waals surface area contributed by atoms with Crippen LogP contribution in [0.3, 0.4) is 0 Å². The fraction of sp³-hybridized carbons (Fsp3) is 0.667. The normalized spacial score (nSPS) is 12.4. The van der Waals surface area contributed by atoms with E-state index < -0.39 is 5.97 Å². The Morgan fingerprint density at radius 3 is 1.23 bits per heavy atom. The van der Waals surface area contributed by atoms with Crippen LogP contribution in [0.1, 0.15) is 175 Å². The monoisotopic (exact) mass is 669 g/mol. The van der Waals surface area contributed by atoms with Crippen molar-refractivity contribution in [3.8, 4) is 11.5 Å². The zero-order valence-corrected chi connectivity index (χ0v) is 32.7. The number of aryl methyl sites for hydroxylation is 2. The molecule has 0 fully saturated rings. The quantitative estimate of drug-likeness (QED) is 0.145. The number of rotatable bonds is 13. The molecule has 0 aromatic heterocycles. The van der Waals surface area contributed by atoms with Gasteiger partial charge in [-0.05, 0) is 74.3 Å². The maximum Gasteiger partial charge on any atom is 0.306 e. The van der Waals surface area contributed by atoms with Crippen molar-refractivity contribution in [2.75, 3.05) is 6.61 Å². The van der Waals surface area contributed by atoms with Crippen LogP contribution < -0.4 is 0 Å². The van der Waals surface area contributed by atoms with Crippen LogP contribution >= 0.6 is 0 Å². The second kappa shape index (κ2) is 18.1. The molecule has 0 saturated heterocycles. The molecule has 48 heavy (non-hydrogen) atoms. The van der Waals surface area contributed by atoms with Crippen molar-refractivity contribution in [3.63, 3.8) is 0 Å². The van der Waals surface area contributed by atoms with Gasteiger partial charge in [0, 0.05) is 12.8 Å². The fourth-order valence-corrected chi connectivity index (χ4v) is 5.60. The molecule has 0 heterocycles. The van der Waals surface area contributed by atoms with E-state index in [0.29, 0.717) is 37.4 Å². The number of hydrogen-bond acceptors (Lipinski definition) is 5. The van der Waals surface area contributed by atoms with Gasteiger partial charge in [0.05, 0.1) is 6.61 Å². The second-order valence-corrected chi connectivity index (χ2v) is 17.5. The van der Waals surface area contributed by atoms with E-state index in [0.717, 1.165) is 46.2 Å². The molecule has 0 aliphatic carbocycles. The van der Waals surface area contributed by atoms with E-state index in [4.69, 9.17) is 9.84 Å². The smallest absolute Gasteiger partial charge is 0.306 e. The number of benzene rings is 2. The Bertz CT molecular complexity index is 1260. The highest BCUT2D eigenvalue weighted by Gasteiger charge is 2.28. The van der Waals surface area contributed by atoms with E-state index in [1.165, 1.54) is 25.7 Å². The largest absolute Gasteiger partial charge is 0.507 e. The van der Waals surface area contributed by atoms with Crippen LogP contribution in [0.25, 0.3) is 0 Å². The van der Waals surface area contributed by atoms with Gasteiger partial charge in [0.2, 0.25) is 0 Å². The lowest BCUT2D eigenvalue weighted by Gasteiger charge is -2.28. The Labute approximate surface area is 292 Å². The van der Waals surface area contributed by atoms with Crippen molar-refractivity contribution in [2.45, 2.75) is 176 Å². The van der Waals surface area contributed by atoms with E-state index in [-0.39, 0.29) is 34.1 Å². The molecule has 0 radical (unpaired) electrons. The van der Waals surface area contributed by atoms with E-state index >= 15 is 0 Å². The number of phenolic OH excluding ortho intramolecular Hbond substituents is 2. The minimum absolute atomic E-state index is 0.109. The maximum atomic E-state index is 12.1. The molecule has 0 spiro atoms. The van der Waals surface area contributed by atoms with Gasteiger partial charge in [0.1, 0.15) is 11.5 Å². The van der Waals surface area contributed by atoms with Crippen molar-refractivity contribution in [1.29, 1.82) is 0 Å². The average Bonchev–Trinajstić information content (AvgIpc) is 2.93. The summed E-state index contributed by atoms with van der Waals surface area (Å²) in [4.78, 5) is 22.9. The minimum atomic E-state index is -0.798. The summed E-state index contributed by atoms with van der Waals surface area (Å²) in [6.45, 7) is 27.7. The Balaban J connectivity index is 0.000000507. The highest BCUT2D eigenvalue weighted by molar-refractivity contribution is 5.70. The van der Waals surface area contributed by atoms with Gasteiger partial charge in [-0.2, -0.15) is 0 Å². The first-order valence-electron chi connectivity index (χ1n) is 18.0. The molecule has 0 aliphatic heterocycles. The molecule has 0 saturated carbocycles. The van der Waals surface area contributed by atoms with Crippen LogP contribution in [0.2, 0.25) is 0 Å². The number of carbonyl (C=O) groups excluding carboxylic acids is 1. The van der Waals surface area contributed by atoms with Crippen molar-refractivity contribution < 1.29 is 29.6 Å². The third-order valence-corrected chi connectivity index (χ3v) is 8.58. The highest BCUT2D eigenvalue weighted by atomic mass is 16.5. The van der Waals surface area contributed by atoms with Crippen LogP contribution in [0, 0.1) is 0 Å². The predicted octanol–water partition coefficient (Wildman–Crippen LogP) is 10.8. The van der Waals surface area contributed by atoms with Gasteiger partial charge >= 0.3 is 11.9 Å². The molecule has 0 atom stereocenters. The van der Waals surface area contributed by atoms with E-state index in [1.54, 1.807) is 0 Å². The summed E-state index contributed by atoms with van der Waals surface area (Å²) in [5.41, 5.74) is 5.04. The predicted molar refractivity (Wildman–Crippen MR) is 200 cm³/mol. The number of carbonyl (C=O) groups is 2. The first kappa shape index (κ1) is 43.0. The molecule has 2 rings (SSSR count). The van der Waals surface area contributed by atoms with Gasteiger partial charge in [-0.15, -0.1) is 0 Å².